The Morgan fingerprint density at radius 1 is 1.29 bits per heavy atom. The molecule has 0 saturated heterocycles. The maximum Gasteiger partial charge on any atom is 0.277 e. The van der Waals surface area contributed by atoms with Crippen molar-refractivity contribution in [2.24, 2.45) is 5.10 Å². The smallest absolute Gasteiger partial charge is 0.277 e. The van der Waals surface area contributed by atoms with Gasteiger partial charge in [-0.3, -0.25) is 4.79 Å². The van der Waals surface area contributed by atoms with E-state index in [-0.39, 0.29) is 18.3 Å². The Labute approximate surface area is 126 Å². The van der Waals surface area contributed by atoms with E-state index in [0.29, 0.717) is 10.8 Å². The number of nitrogens with zero attached hydrogens (tertiary/aromatic N) is 1. The fraction of sp³-hybridized carbons (Fsp3) is 0.0667. The monoisotopic (exact) mass is 304 g/mol. The lowest BCUT2D eigenvalue weighted by atomic mass is 10.2. The van der Waals surface area contributed by atoms with Gasteiger partial charge in [0.1, 0.15) is 11.5 Å². The van der Waals surface area contributed by atoms with Crippen LogP contribution in [0.2, 0.25) is 5.02 Å². The highest BCUT2D eigenvalue weighted by Gasteiger charge is 2.01. The van der Waals surface area contributed by atoms with E-state index in [2.05, 4.69) is 10.5 Å². The van der Waals surface area contributed by atoms with Gasteiger partial charge < -0.3 is 9.84 Å². The molecule has 0 aromatic heterocycles. The predicted octanol–water partition coefficient (Wildman–Crippen LogP) is 2.57. The SMILES string of the molecule is O=C(COc1cccc(Cl)c1)N/N=C/c1ccc(O)cc1. The van der Waals surface area contributed by atoms with Crippen LogP contribution in [-0.2, 0) is 4.79 Å². The summed E-state index contributed by atoms with van der Waals surface area (Å²) in [4.78, 5) is 11.5. The summed E-state index contributed by atoms with van der Waals surface area (Å²) in [5.74, 6) is 0.302. The Hall–Kier alpha value is -2.53. The fourth-order valence-corrected chi connectivity index (χ4v) is 1.66. The molecule has 2 rings (SSSR count). The van der Waals surface area contributed by atoms with Crippen molar-refractivity contribution in [2.75, 3.05) is 6.61 Å². The van der Waals surface area contributed by atoms with E-state index in [1.165, 1.54) is 18.3 Å². The number of hydrogen-bond donors (Lipinski definition) is 2. The molecular weight excluding hydrogens is 292 g/mol. The molecule has 6 heteroatoms. The normalized spacial score (nSPS) is 10.5. The van der Waals surface area contributed by atoms with Gasteiger partial charge in [-0.15, -0.1) is 0 Å². The number of rotatable bonds is 5. The van der Waals surface area contributed by atoms with Crippen molar-refractivity contribution in [1.82, 2.24) is 5.43 Å². The number of phenolic OH excluding ortho intramolecular Hbond substituents is 1. The molecule has 0 heterocycles. The van der Waals surface area contributed by atoms with E-state index >= 15 is 0 Å². The summed E-state index contributed by atoms with van der Waals surface area (Å²) in [6, 6.07) is 13.2. The van der Waals surface area contributed by atoms with Crippen LogP contribution in [-0.4, -0.2) is 23.8 Å². The molecule has 5 nitrogen and oxygen atoms in total. The number of amides is 1. The molecule has 0 atom stereocenters. The first-order chi connectivity index (χ1) is 10.1. The number of halogens is 1. The van der Waals surface area contributed by atoms with Crippen LogP contribution in [0, 0.1) is 0 Å². The highest BCUT2D eigenvalue weighted by atomic mass is 35.5. The summed E-state index contributed by atoms with van der Waals surface area (Å²) in [7, 11) is 0. The molecule has 0 aliphatic rings. The van der Waals surface area contributed by atoms with Gasteiger partial charge in [-0.25, -0.2) is 5.43 Å². The van der Waals surface area contributed by atoms with Gasteiger partial charge in [0.05, 0.1) is 6.21 Å². The number of carbonyl (C=O) groups excluding carboxylic acids is 1. The summed E-state index contributed by atoms with van der Waals surface area (Å²) in [6.45, 7) is -0.159. The maximum atomic E-state index is 11.5. The van der Waals surface area contributed by atoms with Gasteiger partial charge >= 0.3 is 0 Å². The minimum atomic E-state index is -0.384. The molecular formula is C15H13ClN2O3. The van der Waals surface area contributed by atoms with E-state index in [4.69, 9.17) is 21.4 Å². The average molecular weight is 305 g/mol. The third-order valence-corrected chi connectivity index (χ3v) is 2.70. The molecule has 2 aromatic rings. The van der Waals surface area contributed by atoms with Crippen molar-refractivity contribution in [3.63, 3.8) is 0 Å². The van der Waals surface area contributed by atoms with Gasteiger partial charge in [0, 0.05) is 5.02 Å². The summed E-state index contributed by atoms with van der Waals surface area (Å²) >= 11 is 5.80. The molecule has 2 aromatic carbocycles. The summed E-state index contributed by atoms with van der Waals surface area (Å²) in [6.07, 6.45) is 1.47. The largest absolute Gasteiger partial charge is 0.508 e. The molecule has 2 N–H and O–H groups in total. The second-order valence-electron chi connectivity index (χ2n) is 4.13. The zero-order valence-electron chi connectivity index (χ0n) is 11.0. The summed E-state index contributed by atoms with van der Waals surface area (Å²) in [5, 5.41) is 13.5. The number of hydrazone groups is 1. The van der Waals surface area contributed by atoms with Gasteiger partial charge in [-0.2, -0.15) is 5.10 Å². The third kappa shape index (κ3) is 5.16. The number of hydrogen-bond acceptors (Lipinski definition) is 4. The zero-order chi connectivity index (χ0) is 15.1. The molecule has 0 unspecified atom stereocenters. The molecule has 21 heavy (non-hydrogen) atoms. The third-order valence-electron chi connectivity index (χ3n) is 2.46. The van der Waals surface area contributed by atoms with Crippen molar-refractivity contribution in [3.05, 3.63) is 59.1 Å². The zero-order valence-corrected chi connectivity index (χ0v) is 11.7. The van der Waals surface area contributed by atoms with Gasteiger partial charge in [-0.05, 0) is 48.0 Å². The topological polar surface area (TPSA) is 70.9 Å². The van der Waals surface area contributed by atoms with Gasteiger partial charge in [0.25, 0.3) is 5.91 Å². The van der Waals surface area contributed by atoms with Crippen LogP contribution in [0.5, 0.6) is 11.5 Å². The summed E-state index contributed by atoms with van der Waals surface area (Å²) in [5.41, 5.74) is 3.09. The van der Waals surface area contributed by atoms with Crippen molar-refractivity contribution in [2.45, 2.75) is 0 Å². The standard InChI is InChI=1S/C15H13ClN2O3/c16-12-2-1-3-14(8-12)21-10-15(20)18-17-9-11-4-6-13(19)7-5-11/h1-9,19H,10H2,(H,18,20)/b17-9+. The molecule has 108 valence electrons. The Morgan fingerprint density at radius 3 is 2.76 bits per heavy atom. The first-order valence-corrected chi connectivity index (χ1v) is 6.50. The maximum absolute atomic E-state index is 11.5. The molecule has 0 aliphatic heterocycles. The van der Waals surface area contributed by atoms with Crippen molar-refractivity contribution >= 4 is 23.7 Å². The molecule has 0 aliphatic carbocycles. The number of carbonyl (C=O) groups is 1. The van der Waals surface area contributed by atoms with E-state index in [1.54, 1.807) is 36.4 Å². The van der Waals surface area contributed by atoms with Crippen LogP contribution in [0.3, 0.4) is 0 Å². The van der Waals surface area contributed by atoms with Crippen LogP contribution in [0.15, 0.2) is 53.6 Å². The quantitative estimate of drug-likeness (QED) is 0.659. The molecule has 0 spiro atoms. The number of aromatic hydroxyl groups is 1. The Kier molecular flexibility index (Phi) is 5.17. The number of benzene rings is 2. The highest BCUT2D eigenvalue weighted by Crippen LogP contribution is 2.16. The van der Waals surface area contributed by atoms with Crippen LogP contribution >= 0.6 is 11.6 Å². The lowest BCUT2D eigenvalue weighted by Gasteiger charge is -2.04. The minimum absolute atomic E-state index is 0.159. The van der Waals surface area contributed by atoms with Crippen molar-refractivity contribution in [3.8, 4) is 11.5 Å². The van der Waals surface area contributed by atoms with E-state index in [9.17, 15) is 4.79 Å². The van der Waals surface area contributed by atoms with E-state index in [1.807, 2.05) is 0 Å². The molecule has 0 radical (unpaired) electrons. The van der Waals surface area contributed by atoms with Gasteiger partial charge in [0.15, 0.2) is 6.61 Å². The molecule has 0 fully saturated rings. The van der Waals surface area contributed by atoms with E-state index < -0.39 is 0 Å². The van der Waals surface area contributed by atoms with E-state index in [0.717, 1.165) is 5.56 Å². The molecule has 0 bridgehead atoms. The second kappa shape index (κ2) is 7.31. The Balaban J connectivity index is 1.78. The lowest BCUT2D eigenvalue weighted by molar-refractivity contribution is -0.123. The van der Waals surface area contributed by atoms with Gasteiger partial charge in [0.2, 0.25) is 0 Å². The fourth-order valence-electron chi connectivity index (χ4n) is 1.48. The highest BCUT2D eigenvalue weighted by molar-refractivity contribution is 6.30. The first-order valence-electron chi connectivity index (χ1n) is 6.13. The number of ether oxygens (including phenoxy) is 1. The van der Waals surface area contributed by atoms with Crippen LogP contribution in [0.25, 0.3) is 0 Å². The second-order valence-corrected chi connectivity index (χ2v) is 4.57. The Bertz CT molecular complexity index is 642. The average Bonchev–Trinajstić information content (AvgIpc) is 2.47. The lowest BCUT2D eigenvalue weighted by Crippen LogP contribution is -2.24. The molecule has 0 saturated carbocycles. The predicted molar refractivity (Wildman–Crippen MR) is 80.8 cm³/mol. The van der Waals surface area contributed by atoms with Crippen LogP contribution < -0.4 is 10.2 Å². The van der Waals surface area contributed by atoms with Crippen LogP contribution in [0.4, 0.5) is 0 Å². The number of phenols is 1. The van der Waals surface area contributed by atoms with Crippen molar-refractivity contribution < 1.29 is 14.6 Å². The van der Waals surface area contributed by atoms with Crippen molar-refractivity contribution in [1.29, 1.82) is 0 Å². The number of nitrogens with one attached hydrogen (secondary N) is 1. The first kappa shape index (κ1) is 14.9. The summed E-state index contributed by atoms with van der Waals surface area (Å²) < 4.78 is 5.26. The molecule has 1 amide bonds. The van der Waals surface area contributed by atoms with Gasteiger partial charge in [-0.1, -0.05) is 17.7 Å². The van der Waals surface area contributed by atoms with Crippen LogP contribution in [0.1, 0.15) is 5.56 Å². The Morgan fingerprint density at radius 2 is 2.05 bits per heavy atom. The minimum Gasteiger partial charge on any atom is -0.508 e.